The number of rotatable bonds is 15. The lowest BCUT2D eigenvalue weighted by molar-refractivity contribution is -0.178. The van der Waals surface area contributed by atoms with Crippen LogP contribution in [-0.4, -0.2) is 118 Å². The van der Waals surface area contributed by atoms with E-state index in [1.54, 1.807) is 48.5 Å². The second kappa shape index (κ2) is 27.7. The number of ether oxygens (including phenoxy) is 10. The highest BCUT2D eigenvalue weighted by Gasteiger charge is 2.55. The van der Waals surface area contributed by atoms with Crippen LogP contribution in [0.2, 0.25) is 0 Å². The minimum Gasteiger partial charge on any atom is -0.460 e. The summed E-state index contributed by atoms with van der Waals surface area (Å²) in [5.74, 6) is -3.78. The van der Waals surface area contributed by atoms with Crippen molar-refractivity contribution in [2.24, 2.45) is 28.1 Å². The third-order valence-electron chi connectivity index (χ3n) is 14.8. The molecule has 10 unspecified atom stereocenters. The molecule has 5 rings (SSSR count). The zero-order valence-electron chi connectivity index (χ0n) is 51.3. The van der Waals surface area contributed by atoms with Gasteiger partial charge in [-0.25, -0.2) is 14.4 Å². The third kappa shape index (κ3) is 20.4. The van der Waals surface area contributed by atoms with Crippen LogP contribution in [0.5, 0.6) is 0 Å². The molecule has 5 fully saturated rings. The summed E-state index contributed by atoms with van der Waals surface area (Å²) in [6.07, 6.45) is 3.44. The second-order valence-electron chi connectivity index (χ2n) is 25.0. The van der Waals surface area contributed by atoms with E-state index in [0.29, 0.717) is 44.9 Å². The van der Waals surface area contributed by atoms with Gasteiger partial charge in [0.1, 0.15) is 41.7 Å². The Hall–Kier alpha value is -5.30. The first-order valence-corrected chi connectivity index (χ1v) is 27.5. The molecule has 0 aromatic heterocycles. The lowest BCUT2D eigenvalue weighted by Crippen LogP contribution is -2.41. The quantitative estimate of drug-likeness (QED) is 0.109. The van der Waals surface area contributed by atoms with Crippen LogP contribution in [0.1, 0.15) is 223 Å². The summed E-state index contributed by atoms with van der Waals surface area (Å²) in [5, 5.41) is 0. The van der Waals surface area contributed by atoms with Crippen LogP contribution in [0.4, 0.5) is 0 Å². The van der Waals surface area contributed by atoms with E-state index in [1.807, 2.05) is 111 Å². The van der Waals surface area contributed by atoms with E-state index < -0.39 is 74.4 Å². The molecule has 5 heterocycles. The van der Waals surface area contributed by atoms with E-state index in [4.69, 9.17) is 47.4 Å². The summed E-state index contributed by atoms with van der Waals surface area (Å²) < 4.78 is 51.6. The Morgan fingerprint density at radius 1 is 0.500 bits per heavy atom. The van der Waals surface area contributed by atoms with Gasteiger partial charge in [-0.15, -0.1) is 0 Å². The summed E-state index contributed by atoms with van der Waals surface area (Å²) in [5.41, 5.74) is -6.12. The Bertz CT molecular complexity index is 2160. The summed E-state index contributed by atoms with van der Waals surface area (Å²) in [6, 6.07) is 0. The normalized spacial score (nSPS) is 28.4. The Morgan fingerprint density at radius 2 is 0.846 bits per heavy atom. The second-order valence-corrected chi connectivity index (χ2v) is 25.0. The Balaban J connectivity index is 0.000000488. The highest BCUT2D eigenvalue weighted by atomic mass is 16.6. The first-order valence-electron chi connectivity index (χ1n) is 27.5. The maximum absolute atomic E-state index is 12.0. The van der Waals surface area contributed by atoms with Crippen LogP contribution >= 0.6 is 0 Å². The highest BCUT2D eigenvalue weighted by molar-refractivity contribution is 5.88. The van der Waals surface area contributed by atoms with E-state index in [0.717, 1.165) is 6.42 Å². The average molecular weight is 1110 g/mol. The van der Waals surface area contributed by atoms with Crippen LogP contribution in [0.15, 0.2) is 0 Å². The lowest BCUT2D eigenvalue weighted by atomic mass is 9.89. The fraction of sp³-hybridized carbons (Fsp3) is 0.828. The summed E-state index contributed by atoms with van der Waals surface area (Å²) in [7, 11) is 0. The molecule has 0 aromatic carbocycles. The van der Waals surface area contributed by atoms with Crippen molar-refractivity contribution in [1.29, 1.82) is 0 Å². The van der Waals surface area contributed by atoms with Crippen molar-refractivity contribution < 1.29 is 95.3 Å². The highest BCUT2D eigenvalue weighted by Crippen LogP contribution is 2.39. The van der Waals surface area contributed by atoms with Crippen LogP contribution < -0.4 is 0 Å². The van der Waals surface area contributed by atoms with E-state index in [1.165, 1.54) is 0 Å². The molecule has 20 heteroatoms. The smallest absolute Gasteiger partial charge is 0.351 e. The number of hydrogen-bond donors (Lipinski definition) is 0. The topological polar surface area (TPSA) is 263 Å². The number of cyclic esters (lactones) is 5. The minimum atomic E-state index is -1.15. The van der Waals surface area contributed by atoms with Gasteiger partial charge in [-0.05, 0) is 143 Å². The van der Waals surface area contributed by atoms with Gasteiger partial charge in [0.2, 0.25) is 16.8 Å². The molecule has 0 spiro atoms. The Morgan fingerprint density at radius 3 is 1.15 bits per heavy atom. The molecule has 10 atom stereocenters. The molecule has 0 N–H and O–H groups in total. The van der Waals surface area contributed by atoms with Gasteiger partial charge < -0.3 is 47.4 Å². The zero-order valence-corrected chi connectivity index (χ0v) is 51.3. The fourth-order valence-electron chi connectivity index (χ4n) is 7.71. The largest absolute Gasteiger partial charge is 0.460 e. The molecular formula is C58H96O20. The predicted octanol–water partition coefficient (Wildman–Crippen LogP) is 9.52. The Labute approximate surface area is 463 Å². The number of carbonyl (C=O) groups excluding carboxylic acids is 10. The van der Waals surface area contributed by atoms with Gasteiger partial charge in [0, 0.05) is 19.3 Å². The van der Waals surface area contributed by atoms with Crippen LogP contribution in [0.25, 0.3) is 0 Å². The summed E-state index contributed by atoms with van der Waals surface area (Å²) in [6.45, 7) is 41.5. The molecular weight excluding hydrogens is 1020 g/mol. The van der Waals surface area contributed by atoms with E-state index >= 15 is 0 Å². The van der Waals surface area contributed by atoms with Gasteiger partial charge in [0.05, 0.1) is 40.9 Å². The first kappa shape index (κ1) is 70.7. The lowest BCUT2D eigenvalue weighted by Gasteiger charge is -2.27. The molecule has 0 saturated carbocycles. The minimum absolute atomic E-state index is 0.113. The van der Waals surface area contributed by atoms with E-state index in [2.05, 4.69) is 0 Å². The summed E-state index contributed by atoms with van der Waals surface area (Å²) in [4.78, 5) is 115. The molecule has 0 aliphatic carbocycles. The van der Waals surface area contributed by atoms with Gasteiger partial charge in [-0.1, -0.05) is 48.5 Å². The number of hydrogen-bond acceptors (Lipinski definition) is 20. The van der Waals surface area contributed by atoms with Gasteiger partial charge in [0.15, 0.2) is 0 Å². The molecule has 5 aliphatic rings. The number of esters is 10. The SMILES string of the molecule is CCC(C)(C)C(=O)OC1(C)CC(C)(C)OC1=O.CCC(C)(C)C(=O)OC1(C)CC(C)OC1=O.CCC(C)(C)C(=O)OC1CC(=O)OC1C.CCC(C)C(=O)OC1(C)CC(C)(C)OC1=O.CCC(C)C(=O)OC1CC(=O)OC1C. The fourth-order valence-corrected chi connectivity index (χ4v) is 7.71. The molecule has 448 valence electrons. The molecule has 78 heavy (non-hydrogen) atoms. The molecule has 20 nitrogen and oxygen atoms in total. The maximum atomic E-state index is 12.0. The van der Waals surface area contributed by atoms with Crippen molar-refractivity contribution in [3.63, 3.8) is 0 Å². The summed E-state index contributed by atoms with van der Waals surface area (Å²) >= 11 is 0. The molecule has 0 radical (unpaired) electrons. The van der Waals surface area contributed by atoms with Gasteiger partial charge in [-0.2, -0.15) is 0 Å². The van der Waals surface area contributed by atoms with Crippen LogP contribution in [-0.2, 0) is 95.3 Å². The average Bonchev–Trinajstić information content (AvgIpc) is 4.02. The van der Waals surface area contributed by atoms with Gasteiger partial charge in [0.25, 0.3) is 0 Å². The number of carbonyl (C=O) groups is 10. The van der Waals surface area contributed by atoms with Gasteiger partial charge >= 0.3 is 59.7 Å². The van der Waals surface area contributed by atoms with Crippen molar-refractivity contribution in [1.82, 2.24) is 0 Å². The monoisotopic (exact) mass is 1110 g/mol. The molecule has 0 aromatic rings. The van der Waals surface area contributed by atoms with Crippen LogP contribution in [0.3, 0.4) is 0 Å². The molecule has 0 amide bonds. The first-order chi connectivity index (χ1) is 35.3. The van der Waals surface area contributed by atoms with E-state index in [9.17, 15) is 47.9 Å². The van der Waals surface area contributed by atoms with E-state index in [-0.39, 0.29) is 84.8 Å². The van der Waals surface area contributed by atoms with Crippen molar-refractivity contribution in [2.75, 3.05) is 0 Å². The zero-order chi connectivity index (χ0) is 61.0. The van der Waals surface area contributed by atoms with Crippen LogP contribution in [0, 0.1) is 28.1 Å². The molecule has 5 aliphatic heterocycles. The standard InChI is InChI=1S/C13H22O4.2C12H20O4.C11H18O4.C10H16O4/c1-7-11(2,3)9(14)17-13(6)8-12(4,5)16-10(13)15;1-6-11(3,4)9(13)16-12(5)7-8(2)15-10(12)14;1-6-8(2)9(13)15-12(5)7-11(3,4)16-10(12)14;1-5-11(3,4)10(13)15-8-6-9(12)14-7(8)2;1-4-6(2)10(12)14-8-5-9(11)13-7(8)3/h7-8H2,1-6H3;2*8H,6-7H2,1-5H3;7-8H,5-6H2,1-4H3;6-8H,4-5H2,1-3H3. The van der Waals surface area contributed by atoms with Crippen molar-refractivity contribution >= 4 is 59.7 Å². The molecule has 0 bridgehead atoms. The maximum Gasteiger partial charge on any atom is 0.351 e. The van der Waals surface area contributed by atoms with Gasteiger partial charge in [-0.3, -0.25) is 33.6 Å². The van der Waals surface area contributed by atoms with Crippen molar-refractivity contribution in [3.8, 4) is 0 Å². The van der Waals surface area contributed by atoms with Crippen molar-refractivity contribution in [2.45, 2.75) is 282 Å². The predicted molar refractivity (Wildman–Crippen MR) is 284 cm³/mol. The van der Waals surface area contributed by atoms with Crippen molar-refractivity contribution in [3.05, 3.63) is 0 Å². The third-order valence-corrected chi connectivity index (χ3v) is 14.8. The Kier molecular flexibility index (Phi) is 25.1. The molecule has 5 saturated heterocycles.